The molecule has 0 saturated carbocycles. The van der Waals surface area contributed by atoms with Crippen molar-refractivity contribution >= 4 is 22.8 Å². The number of urea groups is 1. The van der Waals surface area contributed by atoms with Gasteiger partial charge >= 0.3 is 6.03 Å². The van der Waals surface area contributed by atoms with E-state index in [-0.39, 0.29) is 17.8 Å². The summed E-state index contributed by atoms with van der Waals surface area (Å²) in [4.78, 5) is 32.7. The van der Waals surface area contributed by atoms with Gasteiger partial charge < -0.3 is 10.7 Å². The molecular formula is C22H21FN4O2. The van der Waals surface area contributed by atoms with Gasteiger partial charge in [0.2, 0.25) is 0 Å². The van der Waals surface area contributed by atoms with E-state index in [1.165, 1.54) is 17.0 Å². The lowest BCUT2D eigenvalue weighted by molar-refractivity contribution is -0.128. The molecule has 148 valence electrons. The Hall–Kier alpha value is -3.19. The number of carbonyl (C=O) groups is 2. The van der Waals surface area contributed by atoms with Gasteiger partial charge in [-0.05, 0) is 42.3 Å². The Bertz CT molecular complexity index is 1110. The number of carbonyl (C=O) groups excluding carboxylic acids is 2. The number of rotatable bonds is 4. The maximum atomic E-state index is 13.6. The second-order valence-corrected chi connectivity index (χ2v) is 7.56. The van der Waals surface area contributed by atoms with E-state index in [1.807, 2.05) is 24.3 Å². The van der Waals surface area contributed by atoms with Crippen LogP contribution in [0.2, 0.25) is 0 Å². The predicted octanol–water partition coefficient (Wildman–Crippen LogP) is 2.93. The number of nitrogens with two attached hydrogens (primary N) is 1. The Labute approximate surface area is 167 Å². The van der Waals surface area contributed by atoms with Crippen LogP contribution in [-0.4, -0.2) is 45.9 Å². The maximum Gasteiger partial charge on any atom is 0.328 e. The van der Waals surface area contributed by atoms with E-state index >= 15 is 0 Å². The molecule has 1 aromatic heterocycles. The highest BCUT2D eigenvalue weighted by Gasteiger charge is 2.52. The van der Waals surface area contributed by atoms with Gasteiger partial charge in [0, 0.05) is 29.6 Å². The third kappa shape index (κ3) is 2.65. The van der Waals surface area contributed by atoms with E-state index in [0.29, 0.717) is 25.9 Å². The SMILES string of the molecule is NCCCN1C(=O)[C@H]2Cc3c([nH]c4ccccc34)[C@H](c3ccc(F)cc3)N2C1=O. The summed E-state index contributed by atoms with van der Waals surface area (Å²) in [6, 6.07) is 12.7. The van der Waals surface area contributed by atoms with Crippen LogP contribution in [0.15, 0.2) is 48.5 Å². The molecule has 3 heterocycles. The zero-order valence-corrected chi connectivity index (χ0v) is 15.8. The summed E-state index contributed by atoms with van der Waals surface area (Å²) >= 11 is 0. The van der Waals surface area contributed by atoms with Crippen molar-refractivity contribution in [1.29, 1.82) is 0 Å². The van der Waals surface area contributed by atoms with Crippen LogP contribution in [0.3, 0.4) is 0 Å². The second kappa shape index (κ2) is 6.70. The summed E-state index contributed by atoms with van der Waals surface area (Å²) < 4.78 is 13.6. The molecule has 3 aromatic rings. The van der Waals surface area contributed by atoms with Gasteiger partial charge in [0.15, 0.2) is 0 Å². The van der Waals surface area contributed by atoms with Gasteiger partial charge in [-0.1, -0.05) is 30.3 Å². The Kier molecular flexibility index (Phi) is 4.13. The van der Waals surface area contributed by atoms with Crippen molar-refractivity contribution in [2.75, 3.05) is 13.1 Å². The smallest absolute Gasteiger partial charge is 0.328 e. The number of halogens is 1. The lowest BCUT2D eigenvalue weighted by atomic mass is 9.89. The molecule has 29 heavy (non-hydrogen) atoms. The molecule has 2 atom stereocenters. The number of hydrogen-bond donors (Lipinski definition) is 2. The van der Waals surface area contributed by atoms with Crippen LogP contribution in [0.5, 0.6) is 0 Å². The minimum absolute atomic E-state index is 0.188. The molecule has 1 saturated heterocycles. The number of nitrogens with zero attached hydrogens (tertiary/aromatic N) is 2. The summed E-state index contributed by atoms with van der Waals surface area (Å²) in [6.07, 6.45) is 1.02. The minimum atomic E-state index is -0.568. The Balaban J connectivity index is 1.68. The van der Waals surface area contributed by atoms with Gasteiger partial charge in [0.05, 0.1) is 0 Å². The molecule has 5 rings (SSSR count). The summed E-state index contributed by atoms with van der Waals surface area (Å²) in [6.45, 7) is 0.721. The van der Waals surface area contributed by atoms with E-state index in [2.05, 4.69) is 4.98 Å². The highest BCUT2D eigenvalue weighted by molar-refractivity contribution is 6.05. The number of aromatic amines is 1. The molecule has 2 aromatic carbocycles. The number of para-hydroxylation sites is 1. The standard InChI is InChI=1S/C22H21FN4O2/c23-14-8-6-13(7-9-14)20-19-16(15-4-1-2-5-17(15)25-19)12-18-21(28)26(11-3-10-24)22(29)27(18)20/h1-2,4-9,18,20,25H,3,10-12,24H2/t18-,20+/m1/s1. The van der Waals surface area contributed by atoms with Crippen LogP contribution in [0, 0.1) is 5.82 Å². The fourth-order valence-electron chi connectivity index (χ4n) is 4.58. The Morgan fingerprint density at radius 2 is 1.86 bits per heavy atom. The summed E-state index contributed by atoms with van der Waals surface area (Å²) in [5.41, 5.74) is 9.25. The molecule has 3 amide bonds. The van der Waals surface area contributed by atoms with Crippen molar-refractivity contribution in [3.8, 4) is 0 Å². The van der Waals surface area contributed by atoms with E-state index < -0.39 is 12.1 Å². The quantitative estimate of drug-likeness (QED) is 0.670. The number of fused-ring (bicyclic) bond motifs is 4. The number of benzene rings is 2. The number of nitrogens with one attached hydrogen (secondary N) is 1. The number of aromatic nitrogens is 1. The fourth-order valence-corrected chi connectivity index (χ4v) is 4.58. The molecule has 0 unspecified atom stereocenters. The van der Waals surface area contributed by atoms with Crippen LogP contribution < -0.4 is 5.73 Å². The third-order valence-electron chi connectivity index (χ3n) is 5.91. The third-order valence-corrected chi connectivity index (χ3v) is 5.91. The van der Waals surface area contributed by atoms with Crippen LogP contribution in [0.4, 0.5) is 9.18 Å². The first-order valence-corrected chi connectivity index (χ1v) is 9.79. The maximum absolute atomic E-state index is 13.6. The van der Waals surface area contributed by atoms with Gasteiger partial charge in [0.25, 0.3) is 5.91 Å². The Morgan fingerprint density at radius 3 is 2.62 bits per heavy atom. The van der Waals surface area contributed by atoms with Crippen LogP contribution in [0.1, 0.15) is 29.3 Å². The summed E-state index contributed by atoms with van der Waals surface area (Å²) in [7, 11) is 0. The molecule has 0 spiro atoms. The lowest BCUT2D eigenvalue weighted by Crippen LogP contribution is -2.44. The van der Waals surface area contributed by atoms with E-state index in [1.54, 1.807) is 17.0 Å². The minimum Gasteiger partial charge on any atom is -0.356 e. The summed E-state index contributed by atoms with van der Waals surface area (Å²) in [5, 5.41) is 1.05. The molecule has 0 aliphatic carbocycles. The summed E-state index contributed by atoms with van der Waals surface area (Å²) in [5.74, 6) is -0.530. The van der Waals surface area contributed by atoms with Crippen LogP contribution in [-0.2, 0) is 11.2 Å². The molecule has 2 aliphatic rings. The fraction of sp³-hybridized carbons (Fsp3) is 0.273. The highest BCUT2D eigenvalue weighted by atomic mass is 19.1. The van der Waals surface area contributed by atoms with E-state index in [0.717, 1.165) is 27.7 Å². The van der Waals surface area contributed by atoms with Gasteiger partial charge in [-0.3, -0.25) is 14.6 Å². The predicted molar refractivity (Wildman–Crippen MR) is 107 cm³/mol. The van der Waals surface area contributed by atoms with Crippen molar-refractivity contribution in [2.45, 2.75) is 24.9 Å². The van der Waals surface area contributed by atoms with Gasteiger partial charge in [-0.2, -0.15) is 0 Å². The molecule has 6 nitrogen and oxygen atoms in total. The van der Waals surface area contributed by atoms with E-state index in [4.69, 9.17) is 5.73 Å². The van der Waals surface area contributed by atoms with Crippen molar-refractivity contribution in [2.24, 2.45) is 5.73 Å². The molecule has 0 radical (unpaired) electrons. The first kappa shape index (κ1) is 17.9. The van der Waals surface area contributed by atoms with Crippen molar-refractivity contribution in [3.63, 3.8) is 0 Å². The Morgan fingerprint density at radius 1 is 1.10 bits per heavy atom. The molecular weight excluding hydrogens is 371 g/mol. The molecule has 7 heteroatoms. The number of H-pyrrole nitrogens is 1. The van der Waals surface area contributed by atoms with Crippen molar-refractivity contribution in [3.05, 3.63) is 71.2 Å². The van der Waals surface area contributed by atoms with Crippen molar-refractivity contribution < 1.29 is 14.0 Å². The molecule has 0 bridgehead atoms. The van der Waals surface area contributed by atoms with E-state index in [9.17, 15) is 14.0 Å². The average Bonchev–Trinajstić information content (AvgIpc) is 3.21. The largest absolute Gasteiger partial charge is 0.356 e. The normalized spacial score (nSPS) is 21.0. The first-order chi connectivity index (χ1) is 14.1. The zero-order chi connectivity index (χ0) is 20.1. The average molecular weight is 392 g/mol. The van der Waals surface area contributed by atoms with Crippen molar-refractivity contribution in [1.82, 2.24) is 14.8 Å². The first-order valence-electron chi connectivity index (χ1n) is 9.79. The molecule has 1 fully saturated rings. The van der Waals surface area contributed by atoms with Gasteiger partial charge in [0.1, 0.15) is 17.9 Å². The van der Waals surface area contributed by atoms with Crippen LogP contribution in [0.25, 0.3) is 10.9 Å². The molecule has 3 N–H and O–H groups in total. The number of imide groups is 1. The monoisotopic (exact) mass is 392 g/mol. The number of amides is 3. The number of hydrogen-bond acceptors (Lipinski definition) is 3. The topological polar surface area (TPSA) is 82.4 Å². The lowest BCUT2D eigenvalue weighted by Gasteiger charge is -2.36. The zero-order valence-electron chi connectivity index (χ0n) is 15.8. The van der Waals surface area contributed by atoms with Gasteiger partial charge in [-0.25, -0.2) is 9.18 Å². The molecule has 2 aliphatic heterocycles. The van der Waals surface area contributed by atoms with Crippen LogP contribution >= 0.6 is 0 Å². The second-order valence-electron chi connectivity index (χ2n) is 7.56. The van der Waals surface area contributed by atoms with Gasteiger partial charge in [-0.15, -0.1) is 0 Å². The highest BCUT2D eigenvalue weighted by Crippen LogP contribution is 2.43.